The zero-order valence-corrected chi connectivity index (χ0v) is 9.03. The minimum Gasteiger partial charge on any atom is -0.370 e. The molecule has 0 aliphatic rings. The molecule has 0 unspecified atom stereocenters. The van der Waals surface area contributed by atoms with E-state index in [1.807, 2.05) is 24.4 Å². The first-order valence-corrected chi connectivity index (χ1v) is 5.08. The van der Waals surface area contributed by atoms with Crippen molar-refractivity contribution in [3.8, 4) is 0 Å². The number of nitrogens with one attached hydrogen (secondary N) is 1. The average Bonchev–Trinajstić information content (AvgIpc) is 2.18. The predicted molar refractivity (Wildman–Crippen MR) is 60.5 cm³/mol. The average molecular weight is 193 g/mol. The lowest BCUT2D eigenvalue weighted by molar-refractivity contribution is 0.396. The molecule has 78 valence electrons. The van der Waals surface area contributed by atoms with E-state index in [2.05, 4.69) is 29.3 Å². The van der Waals surface area contributed by atoms with Gasteiger partial charge < -0.3 is 10.2 Å². The number of hydrogen-bond acceptors (Lipinski definition) is 3. The van der Waals surface area contributed by atoms with Gasteiger partial charge in [-0.15, -0.1) is 0 Å². The lowest BCUT2D eigenvalue weighted by Crippen LogP contribution is -2.14. The van der Waals surface area contributed by atoms with Crippen molar-refractivity contribution in [3.63, 3.8) is 0 Å². The van der Waals surface area contributed by atoms with Crippen LogP contribution in [0.2, 0.25) is 0 Å². The predicted octanol–water partition coefficient (Wildman–Crippen LogP) is 1.84. The third kappa shape index (κ3) is 4.82. The molecule has 0 bridgehead atoms. The van der Waals surface area contributed by atoms with Crippen LogP contribution in [0.5, 0.6) is 0 Å². The van der Waals surface area contributed by atoms with Crippen LogP contribution in [0.1, 0.15) is 12.8 Å². The number of anilines is 1. The van der Waals surface area contributed by atoms with Gasteiger partial charge in [0, 0.05) is 12.7 Å². The molecule has 1 heterocycles. The molecule has 0 radical (unpaired) electrons. The van der Waals surface area contributed by atoms with E-state index in [0.29, 0.717) is 0 Å². The fourth-order valence-electron chi connectivity index (χ4n) is 1.24. The Morgan fingerprint density at radius 1 is 1.29 bits per heavy atom. The van der Waals surface area contributed by atoms with Crippen LogP contribution >= 0.6 is 0 Å². The molecule has 14 heavy (non-hydrogen) atoms. The van der Waals surface area contributed by atoms with Crippen LogP contribution in [0, 0.1) is 0 Å². The molecule has 0 fully saturated rings. The molecule has 3 heteroatoms. The third-order valence-corrected chi connectivity index (χ3v) is 2.00. The van der Waals surface area contributed by atoms with Crippen LogP contribution in [0.3, 0.4) is 0 Å². The molecule has 1 rings (SSSR count). The second-order valence-electron chi connectivity index (χ2n) is 3.65. The summed E-state index contributed by atoms with van der Waals surface area (Å²) in [6.07, 6.45) is 4.23. The Hall–Kier alpha value is -1.09. The molecule has 0 aliphatic heterocycles. The zero-order chi connectivity index (χ0) is 10.2. The van der Waals surface area contributed by atoms with Crippen LogP contribution < -0.4 is 5.32 Å². The molecule has 0 aromatic carbocycles. The highest BCUT2D eigenvalue weighted by Crippen LogP contribution is 2.00. The molecule has 1 aromatic heterocycles. The second-order valence-corrected chi connectivity index (χ2v) is 3.65. The number of pyridine rings is 1. The summed E-state index contributed by atoms with van der Waals surface area (Å²) < 4.78 is 0. The quantitative estimate of drug-likeness (QED) is 0.699. The van der Waals surface area contributed by atoms with Gasteiger partial charge in [0.1, 0.15) is 5.82 Å². The molecule has 3 nitrogen and oxygen atoms in total. The molecular formula is C11H19N3. The largest absolute Gasteiger partial charge is 0.370 e. The highest BCUT2D eigenvalue weighted by Gasteiger charge is 1.92. The molecule has 0 spiro atoms. The maximum Gasteiger partial charge on any atom is 0.125 e. The Balaban J connectivity index is 2.05. The van der Waals surface area contributed by atoms with E-state index in [0.717, 1.165) is 18.9 Å². The number of aromatic nitrogens is 1. The Bertz CT molecular complexity index is 234. The SMILES string of the molecule is CN(C)CCCCNc1ccccn1. The van der Waals surface area contributed by atoms with Gasteiger partial charge in [0.15, 0.2) is 0 Å². The van der Waals surface area contributed by atoms with Crippen molar-refractivity contribution in [3.05, 3.63) is 24.4 Å². The van der Waals surface area contributed by atoms with Crippen molar-refractivity contribution >= 4 is 5.82 Å². The smallest absolute Gasteiger partial charge is 0.125 e. The third-order valence-electron chi connectivity index (χ3n) is 2.00. The van der Waals surface area contributed by atoms with Gasteiger partial charge in [0.25, 0.3) is 0 Å². The summed E-state index contributed by atoms with van der Waals surface area (Å²) in [5, 5.41) is 3.29. The Morgan fingerprint density at radius 3 is 2.79 bits per heavy atom. The Labute approximate surface area is 86.2 Å². The van der Waals surface area contributed by atoms with Gasteiger partial charge in [-0.1, -0.05) is 6.07 Å². The van der Waals surface area contributed by atoms with Gasteiger partial charge in [-0.3, -0.25) is 0 Å². The monoisotopic (exact) mass is 193 g/mol. The van der Waals surface area contributed by atoms with Crippen LogP contribution in [0.15, 0.2) is 24.4 Å². The number of nitrogens with zero attached hydrogens (tertiary/aromatic N) is 2. The van der Waals surface area contributed by atoms with Crippen molar-refractivity contribution in [1.82, 2.24) is 9.88 Å². The van der Waals surface area contributed by atoms with Gasteiger partial charge in [0.2, 0.25) is 0 Å². The maximum absolute atomic E-state index is 4.19. The molecule has 0 aliphatic carbocycles. The molecule has 0 atom stereocenters. The fraction of sp³-hybridized carbons (Fsp3) is 0.545. The van der Waals surface area contributed by atoms with E-state index in [1.54, 1.807) is 0 Å². The molecule has 0 saturated heterocycles. The van der Waals surface area contributed by atoms with Crippen LogP contribution in [0.25, 0.3) is 0 Å². The molecule has 0 saturated carbocycles. The zero-order valence-electron chi connectivity index (χ0n) is 9.03. The molecule has 1 N–H and O–H groups in total. The summed E-state index contributed by atoms with van der Waals surface area (Å²) >= 11 is 0. The number of rotatable bonds is 6. The van der Waals surface area contributed by atoms with Gasteiger partial charge in [-0.25, -0.2) is 4.98 Å². The lowest BCUT2D eigenvalue weighted by atomic mass is 10.3. The Kier molecular flexibility index (Phi) is 5.00. The molecule has 0 amide bonds. The van der Waals surface area contributed by atoms with E-state index >= 15 is 0 Å². The first kappa shape index (κ1) is 11.0. The standard InChI is InChI=1S/C11H19N3/c1-14(2)10-6-5-9-13-11-7-3-4-8-12-11/h3-4,7-8H,5-6,9-10H2,1-2H3,(H,12,13). The van der Waals surface area contributed by atoms with E-state index in [-0.39, 0.29) is 0 Å². The molecular weight excluding hydrogens is 174 g/mol. The number of hydrogen-bond donors (Lipinski definition) is 1. The van der Waals surface area contributed by atoms with E-state index in [4.69, 9.17) is 0 Å². The van der Waals surface area contributed by atoms with E-state index in [1.165, 1.54) is 12.8 Å². The first-order chi connectivity index (χ1) is 6.79. The summed E-state index contributed by atoms with van der Waals surface area (Å²) in [5.41, 5.74) is 0. The number of unbranched alkanes of at least 4 members (excludes halogenated alkanes) is 1. The van der Waals surface area contributed by atoms with Crippen molar-refractivity contribution in [2.24, 2.45) is 0 Å². The van der Waals surface area contributed by atoms with Gasteiger partial charge in [-0.2, -0.15) is 0 Å². The summed E-state index contributed by atoms with van der Waals surface area (Å²) in [5.74, 6) is 0.970. The summed E-state index contributed by atoms with van der Waals surface area (Å²) in [6.45, 7) is 2.16. The second kappa shape index (κ2) is 6.38. The maximum atomic E-state index is 4.19. The van der Waals surface area contributed by atoms with Crippen molar-refractivity contribution in [2.75, 3.05) is 32.5 Å². The van der Waals surface area contributed by atoms with Gasteiger partial charge >= 0.3 is 0 Å². The van der Waals surface area contributed by atoms with Gasteiger partial charge in [0.05, 0.1) is 0 Å². The van der Waals surface area contributed by atoms with Crippen LogP contribution in [0.4, 0.5) is 5.82 Å². The van der Waals surface area contributed by atoms with E-state index in [9.17, 15) is 0 Å². The lowest BCUT2D eigenvalue weighted by Gasteiger charge is -2.09. The topological polar surface area (TPSA) is 28.2 Å². The minimum absolute atomic E-state index is 0.970. The summed E-state index contributed by atoms with van der Waals surface area (Å²) in [7, 11) is 4.21. The Morgan fingerprint density at radius 2 is 2.14 bits per heavy atom. The summed E-state index contributed by atoms with van der Waals surface area (Å²) in [6, 6.07) is 5.92. The molecule has 1 aromatic rings. The highest BCUT2D eigenvalue weighted by atomic mass is 15.0. The normalized spacial score (nSPS) is 10.5. The van der Waals surface area contributed by atoms with Crippen molar-refractivity contribution < 1.29 is 0 Å². The van der Waals surface area contributed by atoms with Crippen LogP contribution in [-0.4, -0.2) is 37.1 Å². The first-order valence-electron chi connectivity index (χ1n) is 5.08. The van der Waals surface area contributed by atoms with Crippen molar-refractivity contribution in [2.45, 2.75) is 12.8 Å². The van der Waals surface area contributed by atoms with E-state index < -0.39 is 0 Å². The fourth-order valence-corrected chi connectivity index (χ4v) is 1.24. The van der Waals surface area contributed by atoms with Crippen molar-refractivity contribution in [1.29, 1.82) is 0 Å². The minimum atomic E-state index is 0.970. The summed E-state index contributed by atoms with van der Waals surface area (Å²) in [4.78, 5) is 6.40. The van der Waals surface area contributed by atoms with Gasteiger partial charge in [-0.05, 0) is 45.6 Å². The van der Waals surface area contributed by atoms with Crippen LogP contribution in [-0.2, 0) is 0 Å². The highest BCUT2D eigenvalue weighted by molar-refractivity contribution is 5.32.